The molecule has 0 unspecified atom stereocenters. The Balaban J connectivity index is 1.80. The van der Waals surface area contributed by atoms with E-state index in [1.807, 2.05) is 16.7 Å². The van der Waals surface area contributed by atoms with Crippen LogP contribution < -0.4 is 10.2 Å². The number of nitrogens with zero attached hydrogens (tertiary/aromatic N) is 4. The van der Waals surface area contributed by atoms with Crippen molar-refractivity contribution in [2.45, 2.75) is 31.8 Å². The molecule has 1 saturated heterocycles. The first-order valence-corrected chi connectivity index (χ1v) is 10.4. The molecular weight excluding hydrogens is 362 g/mol. The first-order valence-electron chi connectivity index (χ1n) is 9.43. The van der Waals surface area contributed by atoms with Gasteiger partial charge in [0.05, 0.1) is 24.7 Å². The summed E-state index contributed by atoms with van der Waals surface area (Å²) in [5.41, 5.74) is 2.18. The highest BCUT2D eigenvalue weighted by molar-refractivity contribution is 7.99. The molecule has 1 N–H and O–H groups in total. The number of aryl methyl sites for hydroxylation is 1. The van der Waals surface area contributed by atoms with Crippen molar-refractivity contribution in [1.82, 2.24) is 20.1 Å². The van der Waals surface area contributed by atoms with E-state index >= 15 is 0 Å². The van der Waals surface area contributed by atoms with E-state index in [2.05, 4.69) is 46.4 Å². The topological polar surface area (TPSA) is 72.3 Å². The van der Waals surface area contributed by atoms with Crippen LogP contribution in [-0.4, -0.2) is 59.3 Å². The van der Waals surface area contributed by atoms with Crippen LogP contribution in [0.2, 0.25) is 0 Å². The lowest BCUT2D eigenvalue weighted by molar-refractivity contribution is -0.118. The Bertz CT molecular complexity index is 758. The van der Waals surface area contributed by atoms with Gasteiger partial charge in [0, 0.05) is 19.6 Å². The molecule has 0 aliphatic carbocycles. The molecule has 0 spiro atoms. The molecule has 1 fully saturated rings. The minimum atomic E-state index is 0.0279. The second-order valence-corrected chi connectivity index (χ2v) is 7.49. The summed E-state index contributed by atoms with van der Waals surface area (Å²) in [7, 11) is 0. The van der Waals surface area contributed by atoms with E-state index in [4.69, 9.17) is 4.74 Å². The lowest BCUT2D eigenvalue weighted by atomic mass is 10.2. The minimum Gasteiger partial charge on any atom is -0.378 e. The fraction of sp³-hybridized carbons (Fsp3) is 0.526. The fourth-order valence-electron chi connectivity index (χ4n) is 2.90. The second-order valence-electron chi connectivity index (χ2n) is 6.55. The van der Waals surface area contributed by atoms with Gasteiger partial charge in [-0.05, 0) is 31.0 Å². The molecule has 0 saturated carbocycles. The maximum absolute atomic E-state index is 12.1. The SMILES string of the molecule is CCCCNC(=O)CSc1nnc(N2CCOCC2)n1-c1cccc(C)c1. The van der Waals surface area contributed by atoms with Gasteiger partial charge in [0.25, 0.3) is 0 Å². The quantitative estimate of drug-likeness (QED) is 0.552. The molecule has 2 heterocycles. The summed E-state index contributed by atoms with van der Waals surface area (Å²) in [5.74, 6) is 1.16. The van der Waals surface area contributed by atoms with E-state index in [9.17, 15) is 4.79 Å². The molecule has 7 nitrogen and oxygen atoms in total. The van der Waals surface area contributed by atoms with Crippen LogP contribution >= 0.6 is 11.8 Å². The number of aromatic nitrogens is 3. The number of unbranched alkanes of at least 4 members (excludes halogenated alkanes) is 1. The van der Waals surface area contributed by atoms with E-state index in [-0.39, 0.29) is 5.91 Å². The van der Waals surface area contributed by atoms with Gasteiger partial charge in [-0.2, -0.15) is 0 Å². The van der Waals surface area contributed by atoms with Crippen LogP contribution in [0.15, 0.2) is 29.4 Å². The molecule has 1 aliphatic rings. The Kier molecular flexibility index (Phi) is 7.11. The third-order valence-corrected chi connectivity index (χ3v) is 5.28. The van der Waals surface area contributed by atoms with Gasteiger partial charge in [-0.1, -0.05) is 37.2 Å². The van der Waals surface area contributed by atoms with Crippen LogP contribution in [0.5, 0.6) is 0 Å². The van der Waals surface area contributed by atoms with Gasteiger partial charge in [-0.15, -0.1) is 10.2 Å². The van der Waals surface area contributed by atoms with Crippen molar-refractivity contribution < 1.29 is 9.53 Å². The van der Waals surface area contributed by atoms with E-state index < -0.39 is 0 Å². The van der Waals surface area contributed by atoms with Gasteiger partial charge in [-0.3, -0.25) is 9.36 Å². The van der Waals surface area contributed by atoms with Gasteiger partial charge < -0.3 is 15.0 Å². The number of hydrogen-bond donors (Lipinski definition) is 1. The fourth-order valence-corrected chi connectivity index (χ4v) is 3.68. The number of carbonyl (C=O) groups is 1. The average Bonchev–Trinajstić information content (AvgIpc) is 3.11. The number of thioether (sulfide) groups is 1. The van der Waals surface area contributed by atoms with Crippen LogP contribution in [0.4, 0.5) is 5.95 Å². The van der Waals surface area contributed by atoms with Crippen molar-refractivity contribution in [2.24, 2.45) is 0 Å². The maximum atomic E-state index is 12.1. The van der Waals surface area contributed by atoms with Crippen molar-refractivity contribution in [3.8, 4) is 5.69 Å². The largest absolute Gasteiger partial charge is 0.378 e. The van der Waals surface area contributed by atoms with Gasteiger partial charge in [0.15, 0.2) is 5.16 Å². The highest BCUT2D eigenvalue weighted by Crippen LogP contribution is 2.27. The Morgan fingerprint density at radius 3 is 2.85 bits per heavy atom. The van der Waals surface area contributed by atoms with Crippen LogP contribution in [0.1, 0.15) is 25.3 Å². The zero-order valence-corrected chi connectivity index (χ0v) is 16.8. The molecule has 27 heavy (non-hydrogen) atoms. The summed E-state index contributed by atoms with van der Waals surface area (Å²) in [6, 6.07) is 8.25. The first kappa shape index (κ1) is 19.7. The smallest absolute Gasteiger partial charge is 0.232 e. The third-order valence-electron chi connectivity index (χ3n) is 4.35. The molecule has 1 aromatic carbocycles. The zero-order valence-electron chi connectivity index (χ0n) is 16.0. The highest BCUT2D eigenvalue weighted by atomic mass is 32.2. The number of amides is 1. The van der Waals surface area contributed by atoms with Gasteiger partial charge in [0.1, 0.15) is 0 Å². The zero-order chi connectivity index (χ0) is 19.1. The predicted octanol–water partition coefficient (Wildman–Crippen LogP) is 2.42. The number of ether oxygens (including phenoxy) is 1. The Hall–Kier alpha value is -2.06. The highest BCUT2D eigenvalue weighted by Gasteiger charge is 2.22. The number of nitrogens with one attached hydrogen (secondary N) is 1. The first-order chi connectivity index (χ1) is 13.2. The summed E-state index contributed by atoms with van der Waals surface area (Å²) in [6.07, 6.45) is 2.06. The number of morpholine rings is 1. The Morgan fingerprint density at radius 1 is 1.30 bits per heavy atom. The Labute approximate surface area is 164 Å². The molecule has 2 aromatic rings. The number of benzene rings is 1. The summed E-state index contributed by atoms with van der Waals surface area (Å²) in [4.78, 5) is 14.3. The monoisotopic (exact) mass is 389 g/mol. The van der Waals surface area contributed by atoms with Crippen LogP contribution in [0.25, 0.3) is 5.69 Å². The summed E-state index contributed by atoms with van der Waals surface area (Å²) in [5, 5.41) is 12.5. The lowest BCUT2D eigenvalue weighted by Crippen LogP contribution is -2.37. The van der Waals surface area contributed by atoms with Crippen molar-refractivity contribution >= 4 is 23.6 Å². The van der Waals surface area contributed by atoms with Crippen molar-refractivity contribution in [3.05, 3.63) is 29.8 Å². The summed E-state index contributed by atoms with van der Waals surface area (Å²) >= 11 is 1.42. The molecule has 1 aromatic heterocycles. The Morgan fingerprint density at radius 2 is 2.11 bits per heavy atom. The van der Waals surface area contributed by atoms with Crippen LogP contribution in [0, 0.1) is 6.92 Å². The molecule has 1 amide bonds. The maximum Gasteiger partial charge on any atom is 0.232 e. The number of rotatable bonds is 8. The molecule has 0 atom stereocenters. The molecule has 1 aliphatic heterocycles. The van der Waals surface area contributed by atoms with Crippen molar-refractivity contribution in [3.63, 3.8) is 0 Å². The second kappa shape index (κ2) is 9.75. The average molecular weight is 390 g/mol. The van der Waals surface area contributed by atoms with Gasteiger partial charge in [0.2, 0.25) is 11.9 Å². The third kappa shape index (κ3) is 5.23. The van der Waals surface area contributed by atoms with E-state index in [0.29, 0.717) is 19.0 Å². The number of carbonyl (C=O) groups excluding carboxylic acids is 1. The predicted molar refractivity (Wildman–Crippen MR) is 108 cm³/mol. The van der Waals surface area contributed by atoms with Crippen molar-refractivity contribution in [1.29, 1.82) is 0 Å². The normalized spacial score (nSPS) is 14.4. The molecule has 0 bridgehead atoms. The van der Waals surface area contributed by atoms with E-state index in [1.54, 1.807) is 0 Å². The molecule has 3 rings (SSSR count). The molecule has 0 radical (unpaired) electrons. The minimum absolute atomic E-state index is 0.0279. The number of hydrogen-bond acceptors (Lipinski definition) is 6. The van der Waals surface area contributed by atoms with Gasteiger partial charge in [-0.25, -0.2) is 0 Å². The standard InChI is InChI=1S/C19H27N5O2S/c1-3-4-8-20-17(25)14-27-19-22-21-18(23-9-11-26-12-10-23)24(19)16-7-5-6-15(2)13-16/h5-7,13H,3-4,8-12,14H2,1-2H3,(H,20,25). The van der Waals surface area contributed by atoms with Crippen LogP contribution in [-0.2, 0) is 9.53 Å². The molecule has 8 heteroatoms. The van der Waals surface area contributed by atoms with Gasteiger partial charge >= 0.3 is 0 Å². The van der Waals surface area contributed by atoms with E-state index in [0.717, 1.165) is 49.3 Å². The summed E-state index contributed by atoms with van der Waals surface area (Å²) < 4.78 is 7.51. The molecule has 146 valence electrons. The van der Waals surface area contributed by atoms with Crippen LogP contribution in [0.3, 0.4) is 0 Å². The molecular formula is C19H27N5O2S. The number of anilines is 1. The summed E-state index contributed by atoms with van der Waals surface area (Å²) in [6.45, 7) is 7.83. The van der Waals surface area contributed by atoms with Crippen molar-refractivity contribution in [2.75, 3.05) is 43.5 Å². The van der Waals surface area contributed by atoms with E-state index in [1.165, 1.54) is 17.3 Å². The lowest BCUT2D eigenvalue weighted by Gasteiger charge is -2.28.